The van der Waals surface area contributed by atoms with Gasteiger partial charge in [-0.2, -0.15) is 5.10 Å². The van der Waals surface area contributed by atoms with E-state index in [2.05, 4.69) is 5.32 Å². The Labute approximate surface area is 229 Å². The van der Waals surface area contributed by atoms with E-state index in [1.807, 2.05) is 55.6 Å². The van der Waals surface area contributed by atoms with Gasteiger partial charge in [-0.3, -0.25) is 9.79 Å². The van der Waals surface area contributed by atoms with E-state index in [4.69, 9.17) is 24.3 Å². The van der Waals surface area contributed by atoms with Gasteiger partial charge in [-0.1, -0.05) is 12.1 Å². The molecular formula is C29H27FN4O4S. The molecule has 1 aromatic heterocycles. The van der Waals surface area contributed by atoms with Crippen LogP contribution in [0.3, 0.4) is 0 Å². The molecule has 4 aromatic rings. The minimum Gasteiger partial charge on any atom is -0.493 e. The van der Waals surface area contributed by atoms with Crippen LogP contribution < -0.4 is 24.3 Å². The van der Waals surface area contributed by atoms with Gasteiger partial charge >= 0.3 is 0 Å². The van der Waals surface area contributed by atoms with E-state index >= 15 is 0 Å². The summed E-state index contributed by atoms with van der Waals surface area (Å²) in [4.78, 5) is 17.3. The number of benzene rings is 3. The van der Waals surface area contributed by atoms with Crippen LogP contribution in [0, 0.1) is 5.82 Å². The molecule has 1 aliphatic rings. The third-order valence-electron chi connectivity index (χ3n) is 5.78. The van der Waals surface area contributed by atoms with Gasteiger partial charge in [0.15, 0.2) is 18.1 Å². The normalized spacial score (nSPS) is 13.4. The predicted molar refractivity (Wildman–Crippen MR) is 149 cm³/mol. The number of hydrogen-bond donors (Lipinski definition) is 1. The molecule has 0 spiro atoms. The number of anilines is 1. The highest BCUT2D eigenvalue weighted by Crippen LogP contribution is 2.33. The zero-order chi connectivity index (χ0) is 27.4. The Morgan fingerprint density at radius 3 is 2.72 bits per heavy atom. The molecule has 2 heterocycles. The molecule has 0 bridgehead atoms. The molecule has 200 valence electrons. The largest absolute Gasteiger partial charge is 0.493 e. The Kier molecular flexibility index (Phi) is 7.74. The van der Waals surface area contributed by atoms with Crippen LogP contribution >= 0.6 is 11.3 Å². The molecule has 1 N–H and O–H groups in total. The molecule has 0 fully saturated rings. The van der Waals surface area contributed by atoms with Gasteiger partial charge in [-0.15, -0.1) is 11.3 Å². The number of rotatable bonds is 8. The van der Waals surface area contributed by atoms with Crippen molar-refractivity contribution in [2.45, 2.75) is 26.5 Å². The first-order valence-electron chi connectivity index (χ1n) is 12.3. The summed E-state index contributed by atoms with van der Waals surface area (Å²) in [5.74, 6) is 1.27. The summed E-state index contributed by atoms with van der Waals surface area (Å²) in [6.45, 7) is 4.31. The van der Waals surface area contributed by atoms with E-state index in [-0.39, 0.29) is 31.0 Å². The molecule has 1 amide bonds. The number of nitrogens with one attached hydrogen (secondary N) is 1. The third kappa shape index (κ3) is 6.18. The number of nitrogens with zero attached hydrogens (tertiary/aromatic N) is 3. The number of aromatic nitrogens is 1. The van der Waals surface area contributed by atoms with Crippen LogP contribution in [0.1, 0.15) is 25.0 Å². The summed E-state index contributed by atoms with van der Waals surface area (Å²) in [5, 5.41) is 9.60. The van der Waals surface area contributed by atoms with Crippen molar-refractivity contribution in [3.05, 3.63) is 87.8 Å². The van der Waals surface area contributed by atoms with Crippen LogP contribution in [0.4, 0.5) is 10.1 Å². The molecule has 3 aromatic carbocycles. The number of methoxy groups -OCH3 is 1. The van der Waals surface area contributed by atoms with Crippen LogP contribution in [-0.4, -0.2) is 36.6 Å². The second-order valence-electron chi connectivity index (χ2n) is 9.06. The Bertz CT molecular complexity index is 1590. The lowest BCUT2D eigenvalue weighted by Crippen LogP contribution is -2.25. The van der Waals surface area contributed by atoms with Gasteiger partial charge in [0.2, 0.25) is 4.80 Å². The van der Waals surface area contributed by atoms with Crippen molar-refractivity contribution in [1.82, 2.24) is 4.68 Å². The van der Waals surface area contributed by atoms with Crippen molar-refractivity contribution < 1.29 is 23.4 Å². The fraction of sp³-hybridized carbons (Fsp3) is 0.207. The fourth-order valence-electron chi connectivity index (χ4n) is 3.91. The minimum absolute atomic E-state index is 0.00599. The summed E-state index contributed by atoms with van der Waals surface area (Å²) in [6, 6.07) is 17.4. The van der Waals surface area contributed by atoms with E-state index in [9.17, 15) is 9.18 Å². The van der Waals surface area contributed by atoms with Gasteiger partial charge in [0.25, 0.3) is 5.91 Å². The van der Waals surface area contributed by atoms with Crippen LogP contribution in [0.2, 0.25) is 0 Å². The van der Waals surface area contributed by atoms with Crippen LogP contribution in [-0.2, 0) is 11.4 Å². The van der Waals surface area contributed by atoms with E-state index in [0.29, 0.717) is 22.9 Å². The van der Waals surface area contributed by atoms with Crippen molar-refractivity contribution in [3.63, 3.8) is 0 Å². The molecule has 0 atom stereocenters. The lowest BCUT2D eigenvalue weighted by molar-refractivity contribution is -0.118. The number of hydrogen-bond acceptors (Lipinski definition) is 7. The fourth-order valence-corrected chi connectivity index (χ4v) is 4.88. The van der Waals surface area contributed by atoms with Crippen molar-refractivity contribution >= 4 is 29.1 Å². The number of carbonyl (C=O) groups excluding carboxylic acids is 1. The maximum Gasteiger partial charge on any atom is 0.262 e. The standard InChI is InChI=1S/C29H27FN4O4S/c1-18(2)32-29-34(24(17-39-29)21-7-11-25-23(13-21)33-28(35)16-38-25)31-14-20-6-10-26(27(12-20)36-3)37-15-19-4-8-22(30)9-5-19/h4-14,17-18H,15-16H2,1-3H3,(H,33,35). The van der Waals surface area contributed by atoms with Crippen molar-refractivity contribution in [1.29, 1.82) is 0 Å². The van der Waals surface area contributed by atoms with Gasteiger partial charge in [0, 0.05) is 17.0 Å². The Morgan fingerprint density at radius 2 is 1.95 bits per heavy atom. The smallest absolute Gasteiger partial charge is 0.262 e. The Morgan fingerprint density at radius 1 is 1.13 bits per heavy atom. The number of amides is 1. The second kappa shape index (κ2) is 11.5. The van der Waals surface area contributed by atoms with E-state index in [0.717, 1.165) is 27.2 Å². The van der Waals surface area contributed by atoms with Gasteiger partial charge in [0.05, 0.1) is 24.7 Å². The SMILES string of the molecule is COc1cc(C=Nn2c(-c3ccc4c(c3)NC(=O)CO4)csc2=NC(C)C)ccc1OCc1ccc(F)cc1. The summed E-state index contributed by atoms with van der Waals surface area (Å²) in [6.07, 6.45) is 1.73. The molecule has 1 aliphatic heterocycles. The molecule has 0 radical (unpaired) electrons. The minimum atomic E-state index is -0.289. The first kappa shape index (κ1) is 26.2. The Balaban J connectivity index is 1.43. The zero-order valence-electron chi connectivity index (χ0n) is 21.7. The highest BCUT2D eigenvalue weighted by atomic mass is 32.1. The van der Waals surface area contributed by atoms with Crippen LogP contribution in [0.25, 0.3) is 11.3 Å². The lowest BCUT2D eigenvalue weighted by Gasteiger charge is -2.18. The molecule has 0 unspecified atom stereocenters. The average molecular weight is 547 g/mol. The maximum absolute atomic E-state index is 13.2. The van der Waals surface area contributed by atoms with Gasteiger partial charge in [0.1, 0.15) is 18.2 Å². The molecule has 8 nitrogen and oxygen atoms in total. The number of thiazole rings is 1. The Hall–Kier alpha value is -4.44. The van der Waals surface area contributed by atoms with Crippen LogP contribution in [0.5, 0.6) is 17.2 Å². The van der Waals surface area contributed by atoms with Gasteiger partial charge < -0.3 is 19.5 Å². The zero-order valence-corrected chi connectivity index (χ0v) is 22.5. The van der Waals surface area contributed by atoms with Gasteiger partial charge in [-0.05, 0) is 73.5 Å². The number of carbonyl (C=O) groups is 1. The number of halogens is 1. The second-order valence-corrected chi connectivity index (χ2v) is 9.89. The van der Waals surface area contributed by atoms with E-state index < -0.39 is 0 Å². The monoisotopic (exact) mass is 546 g/mol. The molecule has 39 heavy (non-hydrogen) atoms. The van der Waals surface area contributed by atoms with Crippen molar-refractivity contribution in [2.75, 3.05) is 19.0 Å². The third-order valence-corrected chi connectivity index (χ3v) is 6.61. The molecule has 0 saturated heterocycles. The number of ether oxygens (including phenoxy) is 3. The molecule has 5 rings (SSSR count). The predicted octanol–water partition coefficient (Wildman–Crippen LogP) is 5.47. The summed E-state index contributed by atoms with van der Waals surface area (Å²) < 4.78 is 31.9. The first-order chi connectivity index (χ1) is 18.9. The highest BCUT2D eigenvalue weighted by Gasteiger charge is 2.18. The molecule has 10 heteroatoms. The lowest BCUT2D eigenvalue weighted by atomic mass is 10.1. The highest BCUT2D eigenvalue weighted by molar-refractivity contribution is 7.07. The molecule has 0 aliphatic carbocycles. The molecule has 0 saturated carbocycles. The first-order valence-corrected chi connectivity index (χ1v) is 13.2. The van der Waals surface area contributed by atoms with Crippen molar-refractivity contribution in [2.24, 2.45) is 10.1 Å². The quantitative estimate of drug-likeness (QED) is 0.297. The maximum atomic E-state index is 13.2. The van der Waals surface area contributed by atoms with E-state index in [1.54, 1.807) is 30.1 Å². The summed E-state index contributed by atoms with van der Waals surface area (Å²) in [5.41, 5.74) is 3.95. The topological polar surface area (TPSA) is 86.4 Å². The van der Waals surface area contributed by atoms with Crippen molar-refractivity contribution in [3.8, 4) is 28.5 Å². The molecular weight excluding hydrogens is 519 g/mol. The van der Waals surface area contributed by atoms with Gasteiger partial charge in [-0.25, -0.2) is 9.07 Å². The summed E-state index contributed by atoms with van der Waals surface area (Å²) in [7, 11) is 1.57. The van der Waals surface area contributed by atoms with E-state index in [1.165, 1.54) is 23.5 Å². The average Bonchev–Trinajstić information content (AvgIpc) is 3.32. The summed E-state index contributed by atoms with van der Waals surface area (Å²) >= 11 is 1.48. The van der Waals surface area contributed by atoms with Crippen LogP contribution in [0.15, 0.2) is 76.1 Å². The number of fused-ring (bicyclic) bond motifs is 1.